The van der Waals surface area contributed by atoms with E-state index in [0.717, 1.165) is 0 Å². The van der Waals surface area contributed by atoms with Crippen LogP contribution < -0.4 is 14.9 Å². The highest BCUT2D eigenvalue weighted by Gasteiger charge is 2.17. The van der Waals surface area contributed by atoms with Crippen LogP contribution in [-0.2, 0) is 9.53 Å². The number of hydrogen-bond acceptors (Lipinski definition) is 6. The average molecular weight is 354 g/mol. The zero-order valence-electron chi connectivity index (χ0n) is 14.4. The van der Waals surface area contributed by atoms with Crippen LogP contribution in [0.2, 0.25) is 0 Å². The first kappa shape index (κ1) is 17.5. The normalized spacial score (nSPS) is 11.8. The fraction of sp³-hybridized carbons (Fsp3) is 0.200. The smallest absolute Gasteiger partial charge is 0.347 e. The van der Waals surface area contributed by atoms with E-state index in [1.165, 1.54) is 6.26 Å². The molecule has 1 aromatic heterocycles. The molecule has 0 saturated carbocycles. The Hall–Kier alpha value is -3.28. The second-order valence-corrected chi connectivity index (χ2v) is 5.51. The van der Waals surface area contributed by atoms with Crippen LogP contribution in [0.5, 0.6) is 17.2 Å². The molecule has 0 saturated heterocycles. The number of benzene rings is 2. The summed E-state index contributed by atoms with van der Waals surface area (Å²) in [6.07, 6.45) is 0.496. The maximum Gasteiger partial charge on any atom is 0.347 e. The fourth-order valence-corrected chi connectivity index (χ4v) is 2.36. The Bertz CT molecular complexity index is 961. The van der Waals surface area contributed by atoms with E-state index < -0.39 is 12.1 Å². The molecule has 0 aliphatic heterocycles. The molecule has 3 aromatic rings. The predicted octanol–water partition coefficient (Wildman–Crippen LogP) is 3.92. The van der Waals surface area contributed by atoms with Crippen molar-refractivity contribution in [2.75, 3.05) is 6.61 Å². The van der Waals surface area contributed by atoms with Gasteiger partial charge in [0, 0.05) is 6.07 Å². The van der Waals surface area contributed by atoms with Crippen LogP contribution in [0.15, 0.2) is 64.0 Å². The molecule has 0 N–H and O–H groups in total. The topological polar surface area (TPSA) is 75.0 Å². The first-order valence-electron chi connectivity index (χ1n) is 8.20. The highest BCUT2D eigenvalue weighted by atomic mass is 16.6. The lowest BCUT2D eigenvalue weighted by molar-refractivity contribution is -0.150. The summed E-state index contributed by atoms with van der Waals surface area (Å²) in [6.45, 7) is 3.60. The van der Waals surface area contributed by atoms with E-state index in [-0.39, 0.29) is 17.8 Å². The molecule has 1 atom stereocenters. The van der Waals surface area contributed by atoms with Crippen LogP contribution in [0.25, 0.3) is 11.0 Å². The minimum atomic E-state index is -0.764. The summed E-state index contributed by atoms with van der Waals surface area (Å²) in [4.78, 5) is 24.2. The number of fused-ring (bicyclic) bond motifs is 1. The third-order valence-electron chi connectivity index (χ3n) is 3.62. The van der Waals surface area contributed by atoms with Crippen molar-refractivity contribution in [1.29, 1.82) is 0 Å². The van der Waals surface area contributed by atoms with Gasteiger partial charge in [-0.2, -0.15) is 0 Å². The Morgan fingerprint density at radius 2 is 1.88 bits per heavy atom. The molecule has 0 radical (unpaired) electrons. The zero-order valence-corrected chi connectivity index (χ0v) is 14.4. The molecule has 3 rings (SSSR count). The number of hydrogen-bond donors (Lipinski definition) is 0. The summed E-state index contributed by atoms with van der Waals surface area (Å²) in [5.74, 6) is 0.582. The Balaban J connectivity index is 1.84. The standard InChI is InChI=1S/C20H18O6/c1-3-23-20(22)13(2)25-15-9-10-16-17(11-15)24-12-18(19(16)21)26-14-7-5-4-6-8-14/h4-13H,3H2,1-2H3. The Morgan fingerprint density at radius 1 is 1.12 bits per heavy atom. The van der Waals surface area contributed by atoms with Gasteiger partial charge in [-0.3, -0.25) is 4.79 Å². The summed E-state index contributed by atoms with van der Waals surface area (Å²) in [6, 6.07) is 13.7. The van der Waals surface area contributed by atoms with Gasteiger partial charge >= 0.3 is 5.97 Å². The molecule has 1 unspecified atom stereocenters. The molecule has 0 fully saturated rings. The number of para-hydroxylation sites is 1. The average Bonchev–Trinajstić information content (AvgIpc) is 2.65. The van der Waals surface area contributed by atoms with Crippen LogP contribution in [0, 0.1) is 0 Å². The third kappa shape index (κ3) is 3.85. The maximum atomic E-state index is 12.6. The SMILES string of the molecule is CCOC(=O)C(C)Oc1ccc2c(=O)c(Oc3ccccc3)coc2c1. The van der Waals surface area contributed by atoms with Gasteiger partial charge in [0.2, 0.25) is 11.2 Å². The van der Waals surface area contributed by atoms with Crippen molar-refractivity contribution in [3.05, 3.63) is 65.0 Å². The molecule has 0 aliphatic rings. The molecular formula is C20H18O6. The Morgan fingerprint density at radius 3 is 2.62 bits per heavy atom. The van der Waals surface area contributed by atoms with Gasteiger partial charge in [-0.15, -0.1) is 0 Å². The Kier molecular flexibility index (Phi) is 5.22. The minimum absolute atomic E-state index is 0.0947. The lowest BCUT2D eigenvalue weighted by atomic mass is 10.2. The fourth-order valence-electron chi connectivity index (χ4n) is 2.36. The van der Waals surface area contributed by atoms with Gasteiger partial charge in [0.1, 0.15) is 23.3 Å². The number of esters is 1. The van der Waals surface area contributed by atoms with Crippen molar-refractivity contribution in [2.24, 2.45) is 0 Å². The molecule has 1 heterocycles. The van der Waals surface area contributed by atoms with E-state index in [0.29, 0.717) is 22.5 Å². The molecule has 134 valence electrons. The highest BCUT2D eigenvalue weighted by Crippen LogP contribution is 2.24. The summed E-state index contributed by atoms with van der Waals surface area (Å²) in [5.41, 5.74) is 0.0454. The van der Waals surface area contributed by atoms with Crippen LogP contribution in [0.3, 0.4) is 0 Å². The van der Waals surface area contributed by atoms with Gasteiger partial charge < -0.3 is 18.6 Å². The van der Waals surface area contributed by atoms with Crippen LogP contribution in [0.4, 0.5) is 0 Å². The first-order valence-corrected chi connectivity index (χ1v) is 8.20. The van der Waals surface area contributed by atoms with Crippen LogP contribution in [-0.4, -0.2) is 18.7 Å². The quantitative estimate of drug-likeness (QED) is 0.625. The lowest BCUT2D eigenvalue weighted by Gasteiger charge is -2.13. The molecule has 6 heteroatoms. The van der Waals surface area contributed by atoms with Crippen molar-refractivity contribution >= 4 is 16.9 Å². The lowest BCUT2D eigenvalue weighted by Crippen LogP contribution is -2.26. The summed E-state index contributed by atoms with van der Waals surface area (Å²) in [7, 11) is 0. The number of carbonyl (C=O) groups excluding carboxylic acids is 1. The van der Waals surface area contributed by atoms with Crippen molar-refractivity contribution in [3.63, 3.8) is 0 Å². The first-order chi connectivity index (χ1) is 12.6. The second kappa shape index (κ2) is 7.74. The zero-order chi connectivity index (χ0) is 18.5. The molecular weight excluding hydrogens is 336 g/mol. The molecule has 0 bridgehead atoms. The van der Waals surface area contributed by atoms with E-state index in [2.05, 4.69) is 0 Å². The van der Waals surface area contributed by atoms with Gasteiger partial charge in [-0.05, 0) is 38.1 Å². The molecule has 26 heavy (non-hydrogen) atoms. The van der Waals surface area contributed by atoms with Crippen molar-refractivity contribution in [1.82, 2.24) is 0 Å². The number of ether oxygens (including phenoxy) is 3. The summed E-state index contributed by atoms with van der Waals surface area (Å²) < 4.78 is 21.5. The Labute approximate surface area is 149 Å². The number of carbonyl (C=O) groups is 1. The van der Waals surface area contributed by atoms with Crippen LogP contribution >= 0.6 is 0 Å². The third-order valence-corrected chi connectivity index (χ3v) is 3.62. The van der Waals surface area contributed by atoms with Crippen molar-refractivity contribution in [3.8, 4) is 17.2 Å². The van der Waals surface area contributed by atoms with Crippen molar-refractivity contribution in [2.45, 2.75) is 20.0 Å². The van der Waals surface area contributed by atoms with E-state index in [4.69, 9.17) is 18.6 Å². The summed E-state index contributed by atoms with van der Waals surface area (Å²) in [5, 5.41) is 0.356. The molecule has 2 aromatic carbocycles. The molecule has 6 nitrogen and oxygen atoms in total. The van der Waals surface area contributed by atoms with E-state index in [9.17, 15) is 9.59 Å². The number of rotatable bonds is 6. The largest absolute Gasteiger partial charge is 0.479 e. The maximum absolute atomic E-state index is 12.6. The molecule has 0 aliphatic carbocycles. The second-order valence-electron chi connectivity index (χ2n) is 5.51. The molecule has 0 spiro atoms. The van der Waals surface area contributed by atoms with Gasteiger partial charge in [0.25, 0.3) is 0 Å². The van der Waals surface area contributed by atoms with Gasteiger partial charge in [0.15, 0.2) is 6.10 Å². The predicted molar refractivity (Wildman–Crippen MR) is 95.7 cm³/mol. The summed E-state index contributed by atoms with van der Waals surface area (Å²) >= 11 is 0. The van der Waals surface area contributed by atoms with Crippen LogP contribution in [0.1, 0.15) is 13.8 Å². The van der Waals surface area contributed by atoms with Crippen molar-refractivity contribution < 1.29 is 23.4 Å². The molecule has 0 amide bonds. The van der Waals surface area contributed by atoms with E-state index in [1.54, 1.807) is 44.2 Å². The van der Waals surface area contributed by atoms with E-state index >= 15 is 0 Å². The van der Waals surface area contributed by atoms with E-state index in [1.807, 2.05) is 18.2 Å². The van der Waals surface area contributed by atoms with Gasteiger partial charge in [0.05, 0.1) is 12.0 Å². The van der Waals surface area contributed by atoms with Gasteiger partial charge in [-0.25, -0.2) is 4.79 Å². The monoisotopic (exact) mass is 354 g/mol. The minimum Gasteiger partial charge on any atom is -0.479 e. The highest BCUT2D eigenvalue weighted by molar-refractivity contribution is 5.79. The van der Waals surface area contributed by atoms with Gasteiger partial charge in [-0.1, -0.05) is 18.2 Å².